The Hall–Kier alpha value is -4.54. The van der Waals surface area contributed by atoms with Gasteiger partial charge in [-0.3, -0.25) is 24.7 Å². The summed E-state index contributed by atoms with van der Waals surface area (Å²) in [6.45, 7) is 13.0. The highest BCUT2D eigenvalue weighted by atomic mass is 16.6. The normalized spacial score (nSPS) is 22.9. The number of hydrogen-bond donors (Lipinski definition) is 3. The number of aryl methyl sites for hydroxylation is 2. The standard InChI is InChI=1S/C37H44N4O6/c1-23-9-13-27(14-10-23)34(28-15-11-24(2)12-16-28)40-19-17-39(18-20-40)25(3)22-37(5)33(36(44)45)32(31(35(42)43)26(4)38-37)29-7-6-8-30(21-29)41(46)47/h6-16,21,25,32-34,38H,17-20,22H2,1-5H3,(H,42,43)(H,44,45). The summed E-state index contributed by atoms with van der Waals surface area (Å²) in [5, 5.41) is 35.7. The maximum absolute atomic E-state index is 13.0. The van der Waals surface area contributed by atoms with E-state index in [9.17, 15) is 29.9 Å². The number of nitro groups is 1. The first kappa shape index (κ1) is 33.8. The quantitative estimate of drug-likeness (QED) is 0.183. The smallest absolute Gasteiger partial charge is 0.333 e. The lowest BCUT2D eigenvalue weighted by atomic mass is 9.65. The highest BCUT2D eigenvalue weighted by Gasteiger charge is 2.52. The number of non-ortho nitro benzene ring substituents is 1. The zero-order valence-corrected chi connectivity index (χ0v) is 27.6. The van der Waals surface area contributed by atoms with E-state index in [2.05, 4.69) is 84.4 Å². The number of aliphatic carboxylic acids is 2. The number of carboxylic acids is 2. The third-order valence-electron chi connectivity index (χ3n) is 9.99. The molecule has 3 N–H and O–H groups in total. The molecular weight excluding hydrogens is 596 g/mol. The van der Waals surface area contributed by atoms with Crippen molar-refractivity contribution in [3.8, 4) is 0 Å². The maximum atomic E-state index is 13.0. The Morgan fingerprint density at radius 2 is 1.45 bits per heavy atom. The fraction of sp³-hybridized carbons (Fsp3) is 0.405. The summed E-state index contributed by atoms with van der Waals surface area (Å²) in [5.74, 6) is -4.67. The molecule has 3 aromatic rings. The van der Waals surface area contributed by atoms with Gasteiger partial charge in [-0.05, 0) is 57.7 Å². The lowest BCUT2D eigenvalue weighted by molar-refractivity contribution is -0.384. The summed E-state index contributed by atoms with van der Waals surface area (Å²) in [4.78, 5) is 41.4. The molecule has 0 aromatic heterocycles. The fourth-order valence-electron chi connectivity index (χ4n) is 7.71. The molecule has 2 aliphatic heterocycles. The molecule has 3 aromatic carbocycles. The van der Waals surface area contributed by atoms with Gasteiger partial charge in [-0.2, -0.15) is 0 Å². The predicted octanol–water partition coefficient (Wildman–Crippen LogP) is 5.90. The van der Waals surface area contributed by atoms with E-state index >= 15 is 0 Å². The van der Waals surface area contributed by atoms with Crippen LogP contribution in [0.5, 0.6) is 0 Å². The maximum Gasteiger partial charge on any atom is 0.333 e. The molecule has 4 unspecified atom stereocenters. The molecule has 47 heavy (non-hydrogen) atoms. The van der Waals surface area contributed by atoms with Crippen molar-refractivity contribution in [2.24, 2.45) is 5.92 Å². The van der Waals surface area contributed by atoms with E-state index in [0.29, 0.717) is 17.7 Å². The monoisotopic (exact) mass is 640 g/mol. The van der Waals surface area contributed by atoms with Crippen LogP contribution in [0.3, 0.4) is 0 Å². The summed E-state index contributed by atoms with van der Waals surface area (Å²) >= 11 is 0. The lowest BCUT2D eigenvalue weighted by Crippen LogP contribution is -2.60. The van der Waals surface area contributed by atoms with Crippen LogP contribution in [0.4, 0.5) is 5.69 Å². The average molecular weight is 641 g/mol. The second-order valence-corrected chi connectivity index (χ2v) is 13.4. The summed E-state index contributed by atoms with van der Waals surface area (Å²) in [6.07, 6.45) is 0.430. The van der Waals surface area contributed by atoms with E-state index < -0.39 is 34.2 Å². The van der Waals surface area contributed by atoms with Gasteiger partial charge < -0.3 is 15.5 Å². The Kier molecular flexibility index (Phi) is 9.84. The molecule has 5 rings (SSSR count). The minimum atomic E-state index is -1.25. The third-order valence-corrected chi connectivity index (χ3v) is 9.99. The largest absolute Gasteiger partial charge is 0.481 e. The van der Waals surface area contributed by atoms with Gasteiger partial charge in [0.1, 0.15) is 0 Å². The number of benzene rings is 3. The fourth-order valence-corrected chi connectivity index (χ4v) is 7.71. The molecule has 2 heterocycles. The number of hydrogen-bond acceptors (Lipinski definition) is 7. The molecule has 0 radical (unpaired) electrons. The first-order valence-electron chi connectivity index (χ1n) is 16.1. The van der Waals surface area contributed by atoms with Crippen LogP contribution in [0.15, 0.2) is 84.1 Å². The van der Waals surface area contributed by atoms with Gasteiger partial charge in [0.25, 0.3) is 5.69 Å². The first-order chi connectivity index (χ1) is 22.3. The molecular formula is C37H44N4O6. The van der Waals surface area contributed by atoms with Crippen molar-refractivity contribution >= 4 is 17.6 Å². The number of nitrogens with one attached hydrogen (secondary N) is 1. The third kappa shape index (κ3) is 7.08. The summed E-state index contributed by atoms with van der Waals surface area (Å²) < 4.78 is 0. The van der Waals surface area contributed by atoms with Crippen molar-refractivity contribution in [1.82, 2.24) is 15.1 Å². The molecule has 10 heteroatoms. The number of allylic oxidation sites excluding steroid dienone is 1. The van der Waals surface area contributed by atoms with Crippen LogP contribution in [0, 0.1) is 29.9 Å². The zero-order valence-electron chi connectivity index (χ0n) is 27.6. The van der Waals surface area contributed by atoms with Gasteiger partial charge in [0.05, 0.1) is 22.5 Å². The number of carboxylic acid groups (broad SMARTS) is 2. The van der Waals surface area contributed by atoms with E-state index in [1.54, 1.807) is 13.0 Å². The van der Waals surface area contributed by atoms with E-state index in [0.717, 1.165) is 26.2 Å². The zero-order chi connectivity index (χ0) is 34.0. The molecule has 1 saturated heterocycles. The summed E-state index contributed by atoms with van der Waals surface area (Å²) in [6, 6.07) is 23.2. The lowest BCUT2D eigenvalue weighted by Gasteiger charge is -2.49. The van der Waals surface area contributed by atoms with Crippen molar-refractivity contribution in [3.63, 3.8) is 0 Å². The van der Waals surface area contributed by atoms with Gasteiger partial charge in [-0.15, -0.1) is 0 Å². The van der Waals surface area contributed by atoms with E-state index in [4.69, 9.17) is 0 Å². The van der Waals surface area contributed by atoms with E-state index in [1.165, 1.54) is 40.5 Å². The van der Waals surface area contributed by atoms with Gasteiger partial charge in [0, 0.05) is 61.5 Å². The van der Waals surface area contributed by atoms with Gasteiger partial charge in [0.15, 0.2) is 0 Å². The van der Waals surface area contributed by atoms with Gasteiger partial charge in [-0.25, -0.2) is 4.79 Å². The van der Waals surface area contributed by atoms with Crippen LogP contribution < -0.4 is 5.32 Å². The second-order valence-electron chi connectivity index (χ2n) is 13.4. The molecule has 0 bridgehead atoms. The molecule has 248 valence electrons. The second kappa shape index (κ2) is 13.7. The molecule has 0 aliphatic carbocycles. The van der Waals surface area contributed by atoms with Crippen molar-refractivity contribution in [2.45, 2.75) is 64.6 Å². The van der Waals surface area contributed by atoms with E-state index in [-0.39, 0.29) is 23.3 Å². The molecule has 1 fully saturated rings. The molecule has 4 atom stereocenters. The first-order valence-corrected chi connectivity index (χ1v) is 16.1. The Balaban J connectivity index is 1.39. The molecule has 10 nitrogen and oxygen atoms in total. The highest BCUT2D eigenvalue weighted by molar-refractivity contribution is 5.92. The van der Waals surface area contributed by atoms with Crippen molar-refractivity contribution in [1.29, 1.82) is 0 Å². The van der Waals surface area contributed by atoms with E-state index in [1.807, 2.05) is 6.92 Å². The van der Waals surface area contributed by atoms with Crippen LogP contribution in [0.1, 0.15) is 67.0 Å². The number of nitro benzene ring substituents is 1. The Morgan fingerprint density at radius 1 is 0.915 bits per heavy atom. The average Bonchev–Trinajstić information content (AvgIpc) is 3.02. The van der Waals surface area contributed by atoms with Gasteiger partial charge >= 0.3 is 11.9 Å². The van der Waals surface area contributed by atoms with Crippen LogP contribution in [0.25, 0.3) is 0 Å². The van der Waals surface area contributed by atoms with Crippen molar-refractivity contribution < 1.29 is 24.7 Å². The van der Waals surface area contributed by atoms with Crippen LogP contribution in [-0.4, -0.2) is 74.6 Å². The van der Waals surface area contributed by atoms with Crippen molar-refractivity contribution in [3.05, 3.63) is 122 Å². The molecule has 0 saturated carbocycles. The SMILES string of the molecule is CC1=C(C(=O)O)C(c2cccc([N+](=O)[O-])c2)C(C(=O)O)C(C)(CC(C)N2CCN(C(c3ccc(C)cc3)c3ccc(C)cc3)CC2)N1. The minimum Gasteiger partial charge on any atom is -0.481 e. The topological polar surface area (TPSA) is 136 Å². The number of piperazine rings is 1. The Morgan fingerprint density at radius 3 is 1.94 bits per heavy atom. The minimum absolute atomic E-state index is 0.0290. The number of rotatable bonds is 10. The summed E-state index contributed by atoms with van der Waals surface area (Å²) in [5.41, 5.74) is 4.25. The Labute approximate surface area is 275 Å². The van der Waals surface area contributed by atoms with Gasteiger partial charge in [0.2, 0.25) is 0 Å². The van der Waals surface area contributed by atoms with Crippen LogP contribution in [-0.2, 0) is 9.59 Å². The summed E-state index contributed by atoms with van der Waals surface area (Å²) in [7, 11) is 0. The molecule has 2 aliphatic rings. The van der Waals surface area contributed by atoms with Crippen molar-refractivity contribution in [2.75, 3.05) is 26.2 Å². The van der Waals surface area contributed by atoms with Gasteiger partial charge in [-0.1, -0.05) is 71.8 Å². The molecule has 0 spiro atoms. The highest BCUT2D eigenvalue weighted by Crippen LogP contribution is 2.46. The van der Waals surface area contributed by atoms with Crippen LogP contribution in [0.2, 0.25) is 0 Å². The number of carbonyl (C=O) groups is 2. The molecule has 0 amide bonds. The Bertz CT molecular complexity index is 1620. The number of nitrogens with zero attached hydrogens (tertiary/aromatic N) is 3. The predicted molar refractivity (Wildman–Crippen MR) is 180 cm³/mol. The van der Waals surface area contributed by atoms with Crippen LogP contribution >= 0.6 is 0 Å².